The number of benzene rings is 1. The first-order valence-electron chi connectivity index (χ1n) is 4.66. The topological polar surface area (TPSA) is 33.1 Å². The Morgan fingerprint density at radius 3 is 2.71 bits per heavy atom. The van der Waals surface area contributed by atoms with Crippen molar-refractivity contribution >= 4 is 21.6 Å². The number of hydrogen-bond acceptors (Lipinski definition) is 3. The molecule has 1 aromatic heterocycles. The van der Waals surface area contributed by atoms with Crippen LogP contribution in [0.25, 0.3) is 10.2 Å². The lowest BCUT2D eigenvalue weighted by Crippen LogP contribution is -2.30. The van der Waals surface area contributed by atoms with E-state index >= 15 is 0 Å². The second kappa shape index (κ2) is 4.23. The van der Waals surface area contributed by atoms with Crippen LogP contribution in [-0.4, -0.2) is 22.4 Å². The van der Waals surface area contributed by atoms with Crippen molar-refractivity contribution in [1.82, 2.24) is 4.98 Å². The van der Waals surface area contributed by atoms with Crippen LogP contribution in [-0.2, 0) is 6.42 Å². The average Bonchev–Trinajstić information content (AvgIpc) is 2.57. The first-order valence-corrected chi connectivity index (χ1v) is 5.47. The molecule has 0 radical (unpaired) electrons. The van der Waals surface area contributed by atoms with Gasteiger partial charge in [-0.25, -0.2) is 9.37 Å². The summed E-state index contributed by atoms with van der Waals surface area (Å²) in [6.45, 7) is 0. The molecule has 1 aromatic carbocycles. The molecule has 0 spiro atoms. The summed E-state index contributed by atoms with van der Waals surface area (Å²) in [5, 5.41) is 9.02. The third kappa shape index (κ3) is 2.73. The van der Waals surface area contributed by atoms with Gasteiger partial charge in [0.2, 0.25) is 0 Å². The largest absolute Gasteiger partial charge is 0.414 e. The van der Waals surface area contributed by atoms with E-state index in [0.29, 0.717) is 10.2 Å². The summed E-state index contributed by atoms with van der Waals surface area (Å²) in [6.07, 6.45) is -7.71. The van der Waals surface area contributed by atoms with E-state index in [1.165, 1.54) is 12.1 Å². The molecule has 92 valence electrons. The van der Waals surface area contributed by atoms with E-state index in [-0.39, 0.29) is 5.01 Å². The van der Waals surface area contributed by atoms with Crippen LogP contribution < -0.4 is 0 Å². The normalized spacial score (nSPS) is 14.2. The molecule has 0 aliphatic heterocycles. The minimum absolute atomic E-state index is 0.135. The van der Waals surface area contributed by atoms with Gasteiger partial charge in [0, 0.05) is 12.5 Å². The minimum atomic E-state index is -4.66. The predicted molar refractivity (Wildman–Crippen MR) is 55.3 cm³/mol. The Hall–Kier alpha value is -1.21. The lowest BCUT2D eigenvalue weighted by molar-refractivity contribution is -0.203. The quantitative estimate of drug-likeness (QED) is 0.847. The predicted octanol–water partition coefficient (Wildman–Crippen LogP) is 2.90. The standard InChI is InChI=1S/C10H7F4NOS/c11-5-1-2-7-6(3-5)15-9(17-7)4-8(16)10(12,13)14/h1-3,8,16H,4H2. The van der Waals surface area contributed by atoms with Crippen molar-refractivity contribution in [2.45, 2.75) is 18.7 Å². The zero-order valence-corrected chi connectivity index (χ0v) is 9.15. The van der Waals surface area contributed by atoms with Crippen molar-refractivity contribution in [2.24, 2.45) is 0 Å². The van der Waals surface area contributed by atoms with Crippen LogP contribution >= 0.6 is 11.3 Å². The minimum Gasteiger partial charge on any atom is -0.383 e. The molecule has 1 unspecified atom stereocenters. The van der Waals surface area contributed by atoms with Gasteiger partial charge in [0.05, 0.1) is 15.2 Å². The van der Waals surface area contributed by atoms with E-state index < -0.39 is 24.5 Å². The zero-order valence-electron chi connectivity index (χ0n) is 8.33. The van der Waals surface area contributed by atoms with Crippen molar-refractivity contribution in [1.29, 1.82) is 0 Å². The monoisotopic (exact) mass is 265 g/mol. The molecule has 0 aliphatic rings. The molecule has 1 atom stereocenters. The van der Waals surface area contributed by atoms with Crippen molar-refractivity contribution in [2.75, 3.05) is 0 Å². The molecule has 0 saturated carbocycles. The Balaban J connectivity index is 2.25. The molecule has 7 heteroatoms. The van der Waals surface area contributed by atoms with Crippen LogP contribution in [0.15, 0.2) is 18.2 Å². The van der Waals surface area contributed by atoms with Gasteiger partial charge in [-0.05, 0) is 12.1 Å². The molecule has 17 heavy (non-hydrogen) atoms. The number of halogens is 4. The molecular formula is C10H7F4NOS. The van der Waals surface area contributed by atoms with Crippen LogP contribution in [0.5, 0.6) is 0 Å². The van der Waals surface area contributed by atoms with Crippen LogP contribution in [0.1, 0.15) is 5.01 Å². The highest BCUT2D eigenvalue weighted by Gasteiger charge is 2.38. The second-order valence-corrected chi connectivity index (χ2v) is 4.60. The summed E-state index contributed by atoms with van der Waals surface area (Å²) in [7, 11) is 0. The lowest BCUT2D eigenvalue weighted by Gasteiger charge is -2.12. The average molecular weight is 265 g/mol. The molecule has 2 nitrogen and oxygen atoms in total. The Labute approximate surface area is 97.5 Å². The number of fused-ring (bicyclic) bond motifs is 1. The summed E-state index contributed by atoms with van der Waals surface area (Å²) < 4.78 is 49.8. The van der Waals surface area contributed by atoms with Gasteiger partial charge in [-0.15, -0.1) is 11.3 Å². The van der Waals surface area contributed by atoms with Crippen LogP contribution in [0, 0.1) is 5.82 Å². The lowest BCUT2D eigenvalue weighted by atomic mass is 10.2. The van der Waals surface area contributed by atoms with E-state index in [4.69, 9.17) is 5.11 Å². The van der Waals surface area contributed by atoms with Gasteiger partial charge in [0.1, 0.15) is 5.82 Å². The second-order valence-electron chi connectivity index (χ2n) is 3.48. The van der Waals surface area contributed by atoms with Crippen LogP contribution in [0.2, 0.25) is 0 Å². The number of thiazole rings is 1. The van der Waals surface area contributed by atoms with Crippen molar-refractivity contribution in [3.8, 4) is 0 Å². The van der Waals surface area contributed by atoms with E-state index in [2.05, 4.69) is 4.98 Å². The first kappa shape index (κ1) is 12.3. The van der Waals surface area contributed by atoms with Gasteiger partial charge in [-0.3, -0.25) is 0 Å². The summed E-state index contributed by atoms with van der Waals surface area (Å²) in [5.74, 6) is -0.495. The van der Waals surface area contributed by atoms with E-state index in [1.54, 1.807) is 0 Å². The summed E-state index contributed by atoms with van der Waals surface area (Å²) >= 11 is 1.01. The molecule has 1 N–H and O–H groups in total. The summed E-state index contributed by atoms with van der Waals surface area (Å²) in [4.78, 5) is 3.85. The van der Waals surface area contributed by atoms with E-state index in [1.807, 2.05) is 0 Å². The molecule has 0 amide bonds. The number of hydrogen-bond donors (Lipinski definition) is 1. The molecule has 2 aromatic rings. The van der Waals surface area contributed by atoms with Crippen LogP contribution in [0.4, 0.5) is 17.6 Å². The maximum Gasteiger partial charge on any atom is 0.414 e. The van der Waals surface area contributed by atoms with Crippen LogP contribution in [0.3, 0.4) is 0 Å². The number of aliphatic hydroxyl groups excluding tert-OH is 1. The van der Waals surface area contributed by atoms with Gasteiger partial charge in [-0.2, -0.15) is 13.2 Å². The highest BCUT2D eigenvalue weighted by atomic mass is 32.1. The number of rotatable bonds is 2. The fraction of sp³-hybridized carbons (Fsp3) is 0.300. The molecule has 0 bridgehead atoms. The molecule has 2 rings (SSSR count). The smallest absolute Gasteiger partial charge is 0.383 e. The number of aliphatic hydroxyl groups is 1. The van der Waals surface area contributed by atoms with E-state index in [0.717, 1.165) is 17.4 Å². The zero-order chi connectivity index (χ0) is 12.6. The van der Waals surface area contributed by atoms with Gasteiger partial charge < -0.3 is 5.11 Å². The number of aromatic nitrogens is 1. The number of nitrogens with zero attached hydrogens (tertiary/aromatic N) is 1. The SMILES string of the molecule is OC(Cc1nc2cc(F)ccc2s1)C(F)(F)F. The van der Waals surface area contributed by atoms with Gasteiger partial charge in [0.15, 0.2) is 6.10 Å². The Morgan fingerprint density at radius 2 is 2.06 bits per heavy atom. The Morgan fingerprint density at radius 1 is 1.35 bits per heavy atom. The Bertz CT molecular complexity index is 537. The maximum atomic E-state index is 12.8. The highest BCUT2D eigenvalue weighted by molar-refractivity contribution is 7.18. The first-order chi connectivity index (χ1) is 7.86. The number of alkyl halides is 3. The van der Waals surface area contributed by atoms with Crippen molar-refractivity contribution in [3.05, 3.63) is 29.0 Å². The molecule has 0 saturated heterocycles. The van der Waals surface area contributed by atoms with Gasteiger partial charge >= 0.3 is 6.18 Å². The molecule has 1 heterocycles. The van der Waals surface area contributed by atoms with Gasteiger partial charge in [-0.1, -0.05) is 0 Å². The maximum absolute atomic E-state index is 12.8. The van der Waals surface area contributed by atoms with Crippen molar-refractivity contribution < 1.29 is 22.7 Å². The summed E-state index contributed by atoms with van der Waals surface area (Å²) in [5.41, 5.74) is 0.305. The third-order valence-electron chi connectivity index (χ3n) is 2.14. The fourth-order valence-electron chi connectivity index (χ4n) is 1.32. The highest BCUT2D eigenvalue weighted by Crippen LogP contribution is 2.27. The molecule has 0 fully saturated rings. The third-order valence-corrected chi connectivity index (χ3v) is 3.20. The van der Waals surface area contributed by atoms with Crippen molar-refractivity contribution in [3.63, 3.8) is 0 Å². The molecular weight excluding hydrogens is 258 g/mol. The fourth-order valence-corrected chi connectivity index (χ4v) is 2.30. The van der Waals surface area contributed by atoms with E-state index in [9.17, 15) is 17.6 Å². The molecule has 0 aliphatic carbocycles. The Kier molecular flexibility index (Phi) is 3.05. The summed E-state index contributed by atoms with van der Waals surface area (Å²) in [6, 6.07) is 3.81. The van der Waals surface area contributed by atoms with Gasteiger partial charge in [0.25, 0.3) is 0 Å².